The summed E-state index contributed by atoms with van der Waals surface area (Å²) in [5.74, 6) is 0. The molecule has 20 heavy (non-hydrogen) atoms. The summed E-state index contributed by atoms with van der Waals surface area (Å²) in [6.45, 7) is 0. The number of imidazole rings is 1. The van der Waals surface area contributed by atoms with Crippen LogP contribution in [0.25, 0.3) is 4.96 Å². The first-order valence-electron chi connectivity index (χ1n) is 7.00. The normalized spacial score (nSPS) is 16.4. The molecule has 0 radical (unpaired) electrons. The van der Waals surface area contributed by atoms with Crippen molar-refractivity contribution in [3.63, 3.8) is 0 Å². The van der Waals surface area contributed by atoms with Gasteiger partial charge in [-0.25, -0.2) is 4.98 Å². The quantitative estimate of drug-likeness (QED) is 0.802. The molecule has 0 saturated heterocycles. The minimum absolute atomic E-state index is 0.421. The van der Waals surface area contributed by atoms with Crippen LogP contribution in [0.2, 0.25) is 0 Å². The fraction of sp³-hybridized carbons (Fsp3) is 0.400. The van der Waals surface area contributed by atoms with E-state index in [0.29, 0.717) is 6.42 Å². The first-order chi connectivity index (χ1) is 9.79. The van der Waals surface area contributed by atoms with E-state index in [2.05, 4.69) is 11.1 Å². The molecule has 0 fully saturated rings. The van der Waals surface area contributed by atoms with Crippen molar-refractivity contribution in [1.82, 2.24) is 9.38 Å². The van der Waals surface area contributed by atoms with E-state index in [1.54, 1.807) is 22.7 Å². The number of thiophene rings is 1. The van der Waals surface area contributed by atoms with E-state index >= 15 is 0 Å². The summed E-state index contributed by atoms with van der Waals surface area (Å²) in [6, 6.07) is 2.21. The summed E-state index contributed by atoms with van der Waals surface area (Å²) in [5, 5.41) is 12.5. The maximum atomic E-state index is 10.5. The lowest BCUT2D eigenvalue weighted by molar-refractivity contribution is 0.181. The molecule has 3 aromatic rings. The molecular weight excluding hydrogens is 288 g/mol. The highest BCUT2D eigenvalue weighted by Crippen LogP contribution is 2.34. The molecule has 0 saturated carbocycles. The number of aryl methyl sites for hydroxylation is 2. The highest BCUT2D eigenvalue weighted by Gasteiger charge is 2.18. The van der Waals surface area contributed by atoms with Gasteiger partial charge in [-0.05, 0) is 37.3 Å². The number of rotatable bonds is 3. The average Bonchev–Trinajstić information content (AvgIpc) is 3.10. The summed E-state index contributed by atoms with van der Waals surface area (Å²) in [4.78, 5) is 8.13. The maximum absolute atomic E-state index is 10.5. The molecule has 0 amide bonds. The number of aliphatic hydroxyl groups is 1. The van der Waals surface area contributed by atoms with Crippen molar-refractivity contribution in [1.29, 1.82) is 0 Å². The van der Waals surface area contributed by atoms with Gasteiger partial charge in [0.05, 0.1) is 11.8 Å². The molecule has 1 atom stereocenters. The molecule has 4 rings (SSSR count). The van der Waals surface area contributed by atoms with Crippen LogP contribution in [0.3, 0.4) is 0 Å². The van der Waals surface area contributed by atoms with Gasteiger partial charge >= 0.3 is 0 Å². The third kappa shape index (κ3) is 2.20. The number of nitrogens with zero attached hydrogens (tertiary/aromatic N) is 2. The van der Waals surface area contributed by atoms with E-state index in [1.165, 1.54) is 36.1 Å². The minimum atomic E-state index is -0.421. The van der Waals surface area contributed by atoms with Crippen molar-refractivity contribution in [2.24, 2.45) is 0 Å². The molecule has 1 aliphatic carbocycles. The van der Waals surface area contributed by atoms with Crippen LogP contribution < -0.4 is 0 Å². The van der Waals surface area contributed by atoms with Gasteiger partial charge in [-0.15, -0.1) is 22.7 Å². The van der Waals surface area contributed by atoms with Crippen LogP contribution >= 0.6 is 22.7 Å². The molecule has 0 aliphatic heterocycles. The van der Waals surface area contributed by atoms with Crippen molar-refractivity contribution < 1.29 is 5.11 Å². The van der Waals surface area contributed by atoms with Gasteiger partial charge in [0.2, 0.25) is 0 Å². The Morgan fingerprint density at radius 3 is 3.10 bits per heavy atom. The van der Waals surface area contributed by atoms with E-state index in [-0.39, 0.29) is 0 Å². The van der Waals surface area contributed by atoms with Crippen molar-refractivity contribution in [2.75, 3.05) is 0 Å². The Morgan fingerprint density at radius 2 is 2.25 bits per heavy atom. The molecule has 3 heterocycles. The predicted molar refractivity (Wildman–Crippen MR) is 82.7 cm³/mol. The van der Waals surface area contributed by atoms with Crippen molar-refractivity contribution in [3.8, 4) is 0 Å². The van der Waals surface area contributed by atoms with Gasteiger partial charge in [0.15, 0.2) is 4.96 Å². The van der Waals surface area contributed by atoms with Gasteiger partial charge in [0.25, 0.3) is 0 Å². The molecule has 1 N–H and O–H groups in total. The molecule has 0 bridgehead atoms. The molecule has 0 aromatic carbocycles. The van der Waals surface area contributed by atoms with Crippen molar-refractivity contribution in [3.05, 3.63) is 44.9 Å². The van der Waals surface area contributed by atoms with Gasteiger partial charge < -0.3 is 5.11 Å². The fourth-order valence-electron chi connectivity index (χ4n) is 2.85. The number of fused-ring (bicyclic) bond motifs is 2. The van der Waals surface area contributed by atoms with Crippen molar-refractivity contribution >= 4 is 27.6 Å². The predicted octanol–water partition coefficient (Wildman–Crippen LogP) is 3.61. The average molecular weight is 304 g/mol. The standard InChI is InChI=1S/C15H16N2OS2/c18-12(8-11-9-17-5-6-19-15(17)16-11)14-7-10-3-1-2-4-13(10)20-14/h5-7,9,12,18H,1-4,8H2. The van der Waals surface area contributed by atoms with E-state index in [1.807, 2.05) is 22.2 Å². The number of aliphatic hydroxyl groups excluding tert-OH is 1. The topological polar surface area (TPSA) is 37.5 Å². The Labute approximate surface area is 125 Å². The first kappa shape index (κ1) is 12.6. The van der Waals surface area contributed by atoms with Crippen LogP contribution in [-0.4, -0.2) is 14.5 Å². The van der Waals surface area contributed by atoms with E-state index < -0.39 is 6.10 Å². The number of hydrogen-bond donors (Lipinski definition) is 1. The first-order valence-corrected chi connectivity index (χ1v) is 8.70. The molecule has 5 heteroatoms. The summed E-state index contributed by atoms with van der Waals surface area (Å²) < 4.78 is 2.02. The zero-order chi connectivity index (χ0) is 13.5. The Hall–Kier alpha value is -1.17. The molecule has 1 aliphatic rings. The largest absolute Gasteiger partial charge is 0.387 e. The second-order valence-corrected chi connectivity index (χ2v) is 7.39. The zero-order valence-electron chi connectivity index (χ0n) is 11.1. The van der Waals surface area contributed by atoms with E-state index in [9.17, 15) is 5.11 Å². The van der Waals surface area contributed by atoms with Crippen LogP contribution in [-0.2, 0) is 19.3 Å². The van der Waals surface area contributed by atoms with Crippen molar-refractivity contribution in [2.45, 2.75) is 38.2 Å². The lowest BCUT2D eigenvalue weighted by Crippen LogP contribution is -2.00. The van der Waals surface area contributed by atoms with E-state index in [4.69, 9.17) is 0 Å². The Balaban J connectivity index is 1.56. The molecule has 1 unspecified atom stereocenters. The second kappa shape index (κ2) is 4.98. The number of thiazole rings is 1. The van der Waals surface area contributed by atoms with Crippen LogP contribution in [0.1, 0.15) is 40.0 Å². The monoisotopic (exact) mass is 304 g/mol. The molecule has 3 nitrogen and oxygen atoms in total. The van der Waals surface area contributed by atoms with Gasteiger partial charge in [-0.2, -0.15) is 0 Å². The fourth-order valence-corrected chi connectivity index (χ4v) is 4.81. The van der Waals surface area contributed by atoms with E-state index in [0.717, 1.165) is 15.5 Å². The van der Waals surface area contributed by atoms with Gasteiger partial charge in [0, 0.05) is 33.9 Å². The Morgan fingerprint density at radius 1 is 1.35 bits per heavy atom. The summed E-state index contributed by atoms with van der Waals surface area (Å²) >= 11 is 3.42. The molecular formula is C15H16N2OS2. The Kier molecular flexibility index (Phi) is 3.13. The summed E-state index contributed by atoms with van der Waals surface area (Å²) in [6.07, 6.45) is 9.15. The minimum Gasteiger partial charge on any atom is -0.387 e. The third-order valence-electron chi connectivity index (χ3n) is 3.89. The number of hydrogen-bond acceptors (Lipinski definition) is 4. The maximum Gasteiger partial charge on any atom is 0.193 e. The highest BCUT2D eigenvalue weighted by atomic mass is 32.1. The number of aromatic nitrogens is 2. The summed E-state index contributed by atoms with van der Waals surface area (Å²) in [5.41, 5.74) is 2.43. The van der Waals surface area contributed by atoms with Crippen LogP contribution in [0.15, 0.2) is 23.8 Å². The lowest BCUT2D eigenvalue weighted by atomic mass is 9.99. The highest BCUT2D eigenvalue weighted by molar-refractivity contribution is 7.15. The summed E-state index contributed by atoms with van der Waals surface area (Å²) in [7, 11) is 0. The van der Waals surface area contributed by atoms with Gasteiger partial charge in [-0.1, -0.05) is 0 Å². The van der Waals surface area contributed by atoms with Gasteiger partial charge in [0.1, 0.15) is 0 Å². The molecule has 3 aromatic heterocycles. The lowest BCUT2D eigenvalue weighted by Gasteiger charge is -2.08. The SMILES string of the molecule is OC(Cc1cn2ccsc2n1)c1cc2c(s1)CCCC2. The van der Waals surface area contributed by atoms with Crippen LogP contribution in [0.5, 0.6) is 0 Å². The molecule has 0 spiro atoms. The van der Waals surface area contributed by atoms with Gasteiger partial charge in [-0.3, -0.25) is 4.40 Å². The Bertz CT molecular complexity index is 688. The third-order valence-corrected chi connectivity index (χ3v) is 6.00. The smallest absolute Gasteiger partial charge is 0.193 e. The van der Waals surface area contributed by atoms with Crippen LogP contribution in [0.4, 0.5) is 0 Å². The second-order valence-electron chi connectivity index (χ2n) is 5.35. The zero-order valence-corrected chi connectivity index (χ0v) is 12.7. The molecule has 104 valence electrons. The van der Waals surface area contributed by atoms with Crippen LogP contribution in [0, 0.1) is 0 Å².